The lowest BCUT2D eigenvalue weighted by atomic mass is 10.2. The molecule has 1 heterocycles. The van der Waals surface area contributed by atoms with Crippen molar-refractivity contribution in [1.82, 2.24) is 0 Å². The number of nitrogens with zero attached hydrogens (tertiary/aromatic N) is 1. The highest BCUT2D eigenvalue weighted by Gasteiger charge is 2.43. The number of hydrogen-bond donors (Lipinski definition) is 0. The van der Waals surface area contributed by atoms with Gasteiger partial charge in [-0.25, -0.2) is 4.90 Å². The number of thioether (sulfide) groups is 1. The molecule has 1 aromatic rings. The number of para-hydroxylation sites is 1. The molecule has 1 aliphatic heterocycles. The molecule has 0 N–H and O–H groups in total. The maximum Gasteiger partial charge on any atom is 0.491 e. The fraction of sp³-hybridized carbons (Fsp3) is 0.300. The molecule has 2 rings (SSSR count). The van der Waals surface area contributed by atoms with Crippen molar-refractivity contribution in [3.63, 3.8) is 0 Å². The number of benzene rings is 1. The van der Waals surface area contributed by atoms with Gasteiger partial charge in [-0.2, -0.15) is 0 Å². The minimum absolute atomic E-state index is 0.0509. The Morgan fingerprint density at radius 1 is 1.19 bits per heavy atom. The van der Waals surface area contributed by atoms with Crippen molar-refractivity contribution >= 4 is 23.4 Å². The number of anilines is 1. The number of halogens is 3. The lowest BCUT2D eigenvalue weighted by Gasteiger charge is -2.24. The molecular formula is C10H8F3NOS. The minimum Gasteiger partial charge on any atom is -0.273 e. The zero-order chi connectivity index (χ0) is 11.8. The van der Waals surface area contributed by atoms with Gasteiger partial charge in [-0.1, -0.05) is 18.2 Å². The molecule has 1 amide bonds. The van der Waals surface area contributed by atoms with E-state index in [1.165, 1.54) is 23.9 Å². The largest absolute Gasteiger partial charge is 0.491 e. The van der Waals surface area contributed by atoms with Crippen molar-refractivity contribution in [2.45, 2.75) is 12.1 Å². The van der Waals surface area contributed by atoms with Crippen LogP contribution < -0.4 is 4.90 Å². The number of rotatable bonds is 0. The third-order valence-corrected chi connectivity index (χ3v) is 3.18. The monoisotopic (exact) mass is 247 g/mol. The fourth-order valence-corrected chi connectivity index (χ4v) is 2.45. The molecule has 2 nitrogen and oxygen atoms in total. The van der Waals surface area contributed by atoms with Crippen LogP contribution in [0.15, 0.2) is 24.3 Å². The lowest BCUT2D eigenvalue weighted by Crippen LogP contribution is -2.43. The van der Waals surface area contributed by atoms with E-state index in [1.54, 1.807) is 12.1 Å². The van der Waals surface area contributed by atoms with Crippen LogP contribution in [0.25, 0.3) is 0 Å². The smallest absolute Gasteiger partial charge is 0.273 e. The van der Waals surface area contributed by atoms with Crippen LogP contribution in [-0.4, -0.2) is 18.0 Å². The third-order valence-electron chi connectivity index (χ3n) is 2.22. The van der Waals surface area contributed by atoms with Gasteiger partial charge in [0.25, 0.3) is 0 Å². The Labute approximate surface area is 94.4 Å². The van der Waals surface area contributed by atoms with Gasteiger partial charge < -0.3 is 0 Å². The van der Waals surface area contributed by atoms with Gasteiger partial charge in [-0.05, 0) is 11.6 Å². The van der Waals surface area contributed by atoms with E-state index < -0.39 is 12.2 Å². The normalized spacial score (nSPS) is 16.9. The number of carbonyl (C=O) groups excluding carboxylic acids is 1. The van der Waals surface area contributed by atoms with Gasteiger partial charge in [0, 0.05) is 5.75 Å². The van der Waals surface area contributed by atoms with Crippen LogP contribution in [0.2, 0.25) is 0 Å². The number of alkyl halides is 3. The maximum absolute atomic E-state index is 12.7. The van der Waals surface area contributed by atoms with Crippen LogP contribution in [0.4, 0.5) is 18.9 Å². The molecule has 1 aromatic carbocycles. The summed E-state index contributed by atoms with van der Waals surface area (Å²) in [5.74, 6) is -0.634. The Kier molecular flexibility index (Phi) is 2.84. The van der Waals surface area contributed by atoms with Crippen LogP contribution in [0, 0.1) is 0 Å². The highest BCUT2D eigenvalue weighted by Crippen LogP contribution is 2.35. The second-order valence-electron chi connectivity index (χ2n) is 3.32. The molecular weight excluding hydrogens is 239 g/mol. The zero-order valence-corrected chi connectivity index (χ0v) is 8.94. The Hall–Kier alpha value is -1.17. The standard InChI is InChI=1S/C10H8F3NOS/c11-10(12,13)14-8-4-2-1-3-7(8)5-16-6-9(14)15/h1-4H,5-6H2. The molecule has 0 aliphatic carbocycles. The van der Waals surface area contributed by atoms with E-state index in [1.807, 2.05) is 0 Å². The van der Waals surface area contributed by atoms with Crippen molar-refractivity contribution in [3.8, 4) is 0 Å². The van der Waals surface area contributed by atoms with E-state index in [2.05, 4.69) is 0 Å². The highest BCUT2D eigenvalue weighted by molar-refractivity contribution is 7.99. The van der Waals surface area contributed by atoms with Crippen LogP contribution in [0.3, 0.4) is 0 Å². The van der Waals surface area contributed by atoms with E-state index in [0.29, 0.717) is 11.3 Å². The average Bonchev–Trinajstić information content (AvgIpc) is 2.34. The summed E-state index contributed by atoms with van der Waals surface area (Å²) in [5, 5.41) is 0. The van der Waals surface area contributed by atoms with E-state index in [9.17, 15) is 18.0 Å². The first-order valence-corrected chi connectivity index (χ1v) is 5.71. The first-order chi connectivity index (χ1) is 7.50. The molecule has 16 heavy (non-hydrogen) atoms. The summed E-state index contributed by atoms with van der Waals surface area (Å²) in [6.45, 7) is 0. The first kappa shape index (κ1) is 11.3. The van der Waals surface area contributed by atoms with Gasteiger partial charge in [0.2, 0.25) is 5.91 Å². The van der Waals surface area contributed by atoms with Gasteiger partial charge in [-0.15, -0.1) is 24.9 Å². The van der Waals surface area contributed by atoms with Crippen molar-refractivity contribution in [2.75, 3.05) is 10.7 Å². The van der Waals surface area contributed by atoms with E-state index >= 15 is 0 Å². The summed E-state index contributed by atoms with van der Waals surface area (Å²) in [7, 11) is 0. The van der Waals surface area contributed by atoms with Gasteiger partial charge in [0.1, 0.15) is 0 Å². The Morgan fingerprint density at radius 3 is 2.56 bits per heavy atom. The van der Waals surface area contributed by atoms with E-state index in [-0.39, 0.29) is 16.3 Å². The molecule has 0 fully saturated rings. The van der Waals surface area contributed by atoms with Crippen LogP contribution in [-0.2, 0) is 10.5 Å². The highest BCUT2D eigenvalue weighted by atomic mass is 32.2. The van der Waals surface area contributed by atoms with Gasteiger partial charge >= 0.3 is 6.30 Å². The summed E-state index contributed by atoms with van der Waals surface area (Å²) < 4.78 is 38.2. The molecule has 0 radical (unpaired) electrons. The first-order valence-electron chi connectivity index (χ1n) is 4.55. The third kappa shape index (κ3) is 2.02. The lowest BCUT2D eigenvalue weighted by molar-refractivity contribution is -0.148. The van der Waals surface area contributed by atoms with E-state index in [0.717, 1.165) is 0 Å². The van der Waals surface area contributed by atoms with Gasteiger partial charge in [0.15, 0.2) is 0 Å². The van der Waals surface area contributed by atoms with Gasteiger partial charge in [-0.3, -0.25) is 4.79 Å². The van der Waals surface area contributed by atoms with Crippen molar-refractivity contribution in [2.24, 2.45) is 0 Å². The van der Waals surface area contributed by atoms with Crippen molar-refractivity contribution in [3.05, 3.63) is 29.8 Å². The number of fused-ring (bicyclic) bond motifs is 1. The maximum atomic E-state index is 12.7. The number of carbonyl (C=O) groups is 1. The molecule has 0 saturated carbocycles. The van der Waals surface area contributed by atoms with Crippen LogP contribution in [0.1, 0.15) is 5.56 Å². The summed E-state index contributed by atoms with van der Waals surface area (Å²) in [4.78, 5) is 11.3. The average molecular weight is 247 g/mol. The topological polar surface area (TPSA) is 20.3 Å². The van der Waals surface area contributed by atoms with Crippen LogP contribution >= 0.6 is 11.8 Å². The minimum atomic E-state index is -4.65. The Balaban J connectivity index is 2.52. The van der Waals surface area contributed by atoms with Crippen molar-refractivity contribution in [1.29, 1.82) is 0 Å². The summed E-state index contributed by atoms with van der Waals surface area (Å²) >= 11 is 1.20. The molecule has 0 saturated heterocycles. The molecule has 0 atom stereocenters. The second-order valence-corrected chi connectivity index (χ2v) is 4.30. The summed E-state index contributed by atoms with van der Waals surface area (Å²) in [5.41, 5.74) is 0.487. The predicted octanol–water partition coefficient (Wildman–Crippen LogP) is 2.79. The predicted molar refractivity (Wildman–Crippen MR) is 56.1 cm³/mol. The van der Waals surface area contributed by atoms with E-state index in [4.69, 9.17) is 0 Å². The second kappa shape index (κ2) is 4.01. The SMILES string of the molecule is O=C1CSCc2ccccc2N1C(F)(F)F. The zero-order valence-electron chi connectivity index (χ0n) is 8.12. The molecule has 0 bridgehead atoms. The molecule has 0 aromatic heterocycles. The summed E-state index contributed by atoms with van der Waals surface area (Å²) in [6, 6.07) is 6.11. The van der Waals surface area contributed by atoms with Crippen molar-refractivity contribution < 1.29 is 18.0 Å². The Morgan fingerprint density at radius 2 is 1.88 bits per heavy atom. The number of hydrogen-bond acceptors (Lipinski definition) is 2. The molecule has 86 valence electrons. The van der Waals surface area contributed by atoms with Crippen LogP contribution in [0.5, 0.6) is 0 Å². The molecule has 6 heteroatoms. The quantitative estimate of drug-likeness (QED) is 0.657. The summed E-state index contributed by atoms with van der Waals surface area (Å²) in [6.07, 6.45) is -4.65. The molecule has 1 aliphatic rings. The fourth-order valence-electron chi connectivity index (χ4n) is 1.58. The Bertz CT molecular complexity index is 419. The molecule has 0 unspecified atom stereocenters. The number of amides is 1. The molecule has 0 spiro atoms. The van der Waals surface area contributed by atoms with Gasteiger partial charge in [0.05, 0.1) is 11.4 Å².